The maximum Gasteiger partial charge on any atom is 0.410 e. The molecule has 0 N–H and O–H groups in total. The number of carbonyl (C=O) groups is 1. The monoisotopic (exact) mass is 738 g/mol. The number of amides is 1. The number of aryl methyl sites for hydroxylation is 1. The second-order valence-corrected chi connectivity index (χ2v) is 16.0. The van der Waals surface area contributed by atoms with Gasteiger partial charge in [0.15, 0.2) is 0 Å². The summed E-state index contributed by atoms with van der Waals surface area (Å²) in [5.74, 6) is 1.68. The van der Waals surface area contributed by atoms with Crippen LogP contribution in [0.4, 0.5) is 10.5 Å². The Morgan fingerprint density at radius 3 is 2.48 bits per heavy atom. The topological polar surface area (TPSA) is 113 Å². The zero-order valence-electron chi connectivity index (χ0n) is 31.2. The number of piperidine rings is 1. The lowest BCUT2D eigenvalue weighted by Crippen LogP contribution is -2.48. The number of hydrogen-bond donors (Lipinski definition) is 0. The first-order valence-electron chi connectivity index (χ1n) is 18.1. The van der Waals surface area contributed by atoms with E-state index in [1.165, 1.54) is 5.56 Å². The summed E-state index contributed by atoms with van der Waals surface area (Å²) in [5.41, 5.74) is 4.87. The average Bonchev–Trinajstić information content (AvgIpc) is 3.11. The number of nitrogens with zero attached hydrogens (tertiary/aromatic N) is 2. The molecule has 11 nitrogen and oxygen atoms in total. The molecular weight excluding hydrogens is 685 g/mol. The average molecular weight is 739 g/mol. The largest absolute Gasteiger partial charge is 0.496 e. The van der Waals surface area contributed by atoms with E-state index in [9.17, 15) is 13.2 Å². The van der Waals surface area contributed by atoms with Gasteiger partial charge >= 0.3 is 6.09 Å². The molecule has 0 saturated carbocycles. The molecule has 52 heavy (non-hydrogen) atoms. The number of benzene rings is 3. The number of para-hydroxylation sites is 1. The summed E-state index contributed by atoms with van der Waals surface area (Å²) in [6.45, 7) is 9.97. The Hall–Kier alpha value is -3.84. The molecule has 0 bridgehead atoms. The van der Waals surface area contributed by atoms with Crippen LogP contribution in [0.25, 0.3) is 0 Å². The molecule has 284 valence electrons. The predicted octanol–water partition coefficient (Wildman–Crippen LogP) is 6.72. The van der Waals surface area contributed by atoms with E-state index < -0.39 is 15.7 Å². The van der Waals surface area contributed by atoms with Crippen molar-refractivity contribution in [1.82, 2.24) is 4.90 Å². The highest BCUT2D eigenvalue weighted by atomic mass is 32.2. The Morgan fingerprint density at radius 1 is 0.942 bits per heavy atom. The van der Waals surface area contributed by atoms with Gasteiger partial charge in [0, 0.05) is 43.2 Å². The van der Waals surface area contributed by atoms with E-state index in [1.54, 1.807) is 12.0 Å². The third-order valence-electron chi connectivity index (χ3n) is 9.16. The van der Waals surface area contributed by atoms with Crippen LogP contribution >= 0.6 is 0 Å². The minimum absolute atomic E-state index is 0.0679. The lowest BCUT2D eigenvalue weighted by molar-refractivity contribution is -0.0359. The van der Waals surface area contributed by atoms with Gasteiger partial charge in [0.25, 0.3) is 10.1 Å². The van der Waals surface area contributed by atoms with E-state index in [2.05, 4.69) is 35.2 Å². The fourth-order valence-corrected chi connectivity index (χ4v) is 7.02. The van der Waals surface area contributed by atoms with Crippen molar-refractivity contribution >= 4 is 21.9 Å². The minimum atomic E-state index is -3.50. The molecule has 2 heterocycles. The van der Waals surface area contributed by atoms with Gasteiger partial charge in [-0.2, -0.15) is 8.42 Å². The van der Waals surface area contributed by atoms with E-state index in [-0.39, 0.29) is 24.7 Å². The lowest BCUT2D eigenvalue weighted by atomic mass is 9.87. The van der Waals surface area contributed by atoms with E-state index >= 15 is 0 Å². The van der Waals surface area contributed by atoms with Gasteiger partial charge in [-0.3, -0.25) is 4.18 Å². The quantitative estimate of drug-likeness (QED) is 0.116. The normalized spacial score (nSPS) is 17.8. The zero-order chi connectivity index (χ0) is 37.1. The number of carbonyl (C=O) groups excluding carboxylic acids is 1. The number of hydrogen-bond acceptors (Lipinski definition) is 10. The smallest absolute Gasteiger partial charge is 0.410 e. The van der Waals surface area contributed by atoms with Gasteiger partial charge < -0.3 is 33.5 Å². The molecular formula is C40H54N2O9S. The second-order valence-electron chi connectivity index (χ2n) is 14.4. The van der Waals surface area contributed by atoms with E-state index in [4.69, 9.17) is 27.9 Å². The Morgan fingerprint density at radius 2 is 1.73 bits per heavy atom. The summed E-state index contributed by atoms with van der Waals surface area (Å²) in [7, 11) is -1.84. The maximum atomic E-state index is 13.1. The molecule has 0 spiro atoms. The highest BCUT2D eigenvalue weighted by Crippen LogP contribution is 2.34. The van der Waals surface area contributed by atoms with Gasteiger partial charge in [-0.05, 0) is 81.0 Å². The van der Waals surface area contributed by atoms with Crippen LogP contribution < -0.4 is 14.4 Å². The number of anilines is 1. The molecule has 1 fully saturated rings. The van der Waals surface area contributed by atoms with Crippen molar-refractivity contribution in [3.63, 3.8) is 0 Å². The molecule has 0 unspecified atom stereocenters. The molecule has 3 aromatic carbocycles. The highest BCUT2D eigenvalue weighted by molar-refractivity contribution is 7.85. The summed E-state index contributed by atoms with van der Waals surface area (Å²) < 4.78 is 57.7. The molecule has 2 aliphatic heterocycles. The van der Waals surface area contributed by atoms with Crippen LogP contribution in [0.3, 0.4) is 0 Å². The summed E-state index contributed by atoms with van der Waals surface area (Å²) in [5, 5.41) is 0. The number of ether oxygens (including phenoxy) is 5. The predicted molar refractivity (Wildman–Crippen MR) is 201 cm³/mol. The van der Waals surface area contributed by atoms with Crippen molar-refractivity contribution in [2.45, 2.75) is 77.3 Å². The van der Waals surface area contributed by atoms with Gasteiger partial charge in [0.1, 0.15) is 17.1 Å². The minimum Gasteiger partial charge on any atom is -0.496 e. The standard InChI is InChI=1S/C40H54N2O9S/c1-40(2,3)51-39(43)42-21-19-35(31-15-17-34(18-16-31)48-24-9-23-47-29-33-10-6-7-12-37(33)46-4)38(27-42)49-28-30-13-14-32-11-8-20-41(36(32)26-30)22-25-50-52(5,44)45/h6-7,10,12-18,26,35,38H,8-9,11,19-25,27-29H2,1-5H3/t35-,38+/m1/s1. The molecule has 2 aliphatic rings. The summed E-state index contributed by atoms with van der Waals surface area (Å²) in [6.07, 6.45) is 3.92. The van der Waals surface area contributed by atoms with Crippen LogP contribution in [-0.2, 0) is 48.1 Å². The van der Waals surface area contributed by atoms with Crippen LogP contribution in [-0.4, -0.2) is 90.5 Å². The third-order valence-corrected chi connectivity index (χ3v) is 9.75. The molecule has 1 saturated heterocycles. The third kappa shape index (κ3) is 11.8. The van der Waals surface area contributed by atoms with Gasteiger partial charge in [-0.15, -0.1) is 0 Å². The number of rotatable bonds is 16. The highest BCUT2D eigenvalue weighted by Gasteiger charge is 2.35. The van der Waals surface area contributed by atoms with Crippen molar-refractivity contribution in [2.75, 3.05) is 64.3 Å². The first kappa shape index (κ1) is 39.4. The molecule has 5 rings (SSSR count). The van der Waals surface area contributed by atoms with Crippen molar-refractivity contribution in [3.8, 4) is 11.5 Å². The Kier molecular flexibility index (Phi) is 13.8. The van der Waals surface area contributed by atoms with Gasteiger partial charge in [-0.25, -0.2) is 4.79 Å². The molecule has 12 heteroatoms. The fourth-order valence-electron chi connectivity index (χ4n) is 6.65. The lowest BCUT2D eigenvalue weighted by Gasteiger charge is -2.39. The van der Waals surface area contributed by atoms with Crippen molar-refractivity contribution < 1.29 is 41.1 Å². The summed E-state index contributed by atoms with van der Waals surface area (Å²) in [4.78, 5) is 17.0. The van der Waals surface area contributed by atoms with E-state index in [0.29, 0.717) is 46.1 Å². The number of methoxy groups -OCH3 is 1. The van der Waals surface area contributed by atoms with Crippen LogP contribution in [0.1, 0.15) is 68.2 Å². The number of likely N-dealkylation sites (tertiary alicyclic amines) is 1. The van der Waals surface area contributed by atoms with Gasteiger partial charge in [0.05, 0.1) is 59.0 Å². The van der Waals surface area contributed by atoms with Crippen LogP contribution in [0.2, 0.25) is 0 Å². The first-order chi connectivity index (χ1) is 24.9. The van der Waals surface area contributed by atoms with Crippen LogP contribution in [0, 0.1) is 0 Å². The molecule has 0 aromatic heterocycles. The fraction of sp³-hybridized carbons (Fsp3) is 0.525. The molecule has 0 aliphatic carbocycles. The van der Waals surface area contributed by atoms with E-state index in [1.807, 2.05) is 57.2 Å². The summed E-state index contributed by atoms with van der Waals surface area (Å²) in [6, 6.07) is 22.4. The molecule has 0 radical (unpaired) electrons. The summed E-state index contributed by atoms with van der Waals surface area (Å²) >= 11 is 0. The molecule has 1 amide bonds. The van der Waals surface area contributed by atoms with Crippen molar-refractivity contribution in [3.05, 3.63) is 89.0 Å². The molecule has 2 atom stereocenters. The van der Waals surface area contributed by atoms with Gasteiger partial charge in [0.2, 0.25) is 0 Å². The maximum absolute atomic E-state index is 13.1. The second kappa shape index (κ2) is 18.3. The van der Waals surface area contributed by atoms with Crippen LogP contribution in [0.15, 0.2) is 66.7 Å². The zero-order valence-corrected chi connectivity index (χ0v) is 32.0. The Labute approximate surface area is 309 Å². The Bertz CT molecular complexity index is 1710. The Balaban J connectivity index is 1.19. The number of fused-ring (bicyclic) bond motifs is 1. The van der Waals surface area contributed by atoms with E-state index in [0.717, 1.165) is 72.4 Å². The van der Waals surface area contributed by atoms with Gasteiger partial charge in [-0.1, -0.05) is 42.5 Å². The molecule has 3 aromatic rings. The first-order valence-corrected chi connectivity index (χ1v) is 19.9. The van der Waals surface area contributed by atoms with Crippen molar-refractivity contribution in [1.29, 1.82) is 0 Å². The SMILES string of the molecule is COc1ccccc1COCCCOc1ccc([C@H]2CCN(C(=O)OC(C)(C)C)C[C@@H]2OCc2ccc3c(c2)N(CCOS(C)(=O)=O)CCC3)cc1. The van der Waals surface area contributed by atoms with Crippen molar-refractivity contribution in [2.24, 2.45) is 0 Å². The van der Waals surface area contributed by atoms with Crippen LogP contribution in [0.5, 0.6) is 11.5 Å².